The van der Waals surface area contributed by atoms with Gasteiger partial charge in [0.25, 0.3) is 0 Å². The monoisotopic (exact) mass is 337 g/mol. The first kappa shape index (κ1) is 14.8. The predicted molar refractivity (Wildman–Crippen MR) is 94.3 cm³/mol. The first-order valence-corrected chi connectivity index (χ1v) is 8.49. The van der Waals surface area contributed by atoms with Crippen molar-refractivity contribution in [3.8, 4) is 10.7 Å². The molecule has 5 nitrogen and oxygen atoms in total. The summed E-state index contributed by atoms with van der Waals surface area (Å²) >= 11 is 1.18. The number of para-hydroxylation sites is 1. The Morgan fingerprint density at radius 1 is 1.25 bits per heavy atom. The smallest absolute Gasteiger partial charge is 0.347 e. The van der Waals surface area contributed by atoms with Gasteiger partial charge in [-0.1, -0.05) is 49.4 Å². The number of fused-ring (bicyclic) bond motifs is 1. The zero-order valence-corrected chi connectivity index (χ0v) is 13.7. The zero-order chi connectivity index (χ0) is 16.7. The number of benzene rings is 1. The predicted octanol–water partition coefficient (Wildman–Crippen LogP) is 4.23. The second-order valence-corrected chi connectivity index (χ2v) is 6.81. The second kappa shape index (κ2) is 5.72. The van der Waals surface area contributed by atoms with Crippen molar-refractivity contribution in [3.63, 3.8) is 0 Å². The molecule has 4 rings (SSSR count). The lowest BCUT2D eigenvalue weighted by atomic mass is 9.87. The fraction of sp³-hybridized carbons (Fsp3) is 0.167. The average molecular weight is 337 g/mol. The Kier molecular flexibility index (Phi) is 3.54. The quantitative estimate of drug-likeness (QED) is 0.749. The summed E-state index contributed by atoms with van der Waals surface area (Å²) in [7, 11) is 0. The third-order valence-corrected chi connectivity index (χ3v) is 5.31. The Hall–Kier alpha value is -2.73. The van der Waals surface area contributed by atoms with Crippen LogP contribution < -0.4 is 0 Å². The molecule has 24 heavy (non-hydrogen) atoms. The molecule has 0 amide bonds. The Labute approximate surface area is 142 Å². The molecule has 0 fully saturated rings. The van der Waals surface area contributed by atoms with Crippen LogP contribution in [0.5, 0.6) is 0 Å². The van der Waals surface area contributed by atoms with Crippen LogP contribution in [0.1, 0.15) is 28.2 Å². The number of nitrogens with one attached hydrogen (secondary N) is 1. The molecule has 3 aromatic rings. The zero-order valence-electron chi connectivity index (χ0n) is 12.9. The minimum atomic E-state index is -0.941. The minimum Gasteiger partial charge on any atom is -0.477 e. The van der Waals surface area contributed by atoms with E-state index in [-0.39, 0.29) is 16.7 Å². The second-order valence-electron chi connectivity index (χ2n) is 5.81. The van der Waals surface area contributed by atoms with Crippen LogP contribution in [0, 0.1) is 5.92 Å². The highest BCUT2D eigenvalue weighted by Gasteiger charge is 2.28. The van der Waals surface area contributed by atoms with E-state index >= 15 is 0 Å². The number of thiazole rings is 1. The number of hydrogen-bond donors (Lipinski definition) is 2. The Morgan fingerprint density at radius 3 is 2.83 bits per heavy atom. The van der Waals surface area contributed by atoms with Gasteiger partial charge in [0, 0.05) is 11.3 Å². The fourth-order valence-electron chi connectivity index (χ4n) is 3.00. The van der Waals surface area contributed by atoms with Crippen molar-refractivity contribution in [2.24, 2.45) is 5.92 Å². The van der Waals surface area contributed by atoms with Crippen LogP contribution in [-0.4, -0.2) is 26.3 Å². The molecule has 0 spiro atoms. The van der Waals surface area contributed by atoms with Crippen molar-refractivity contribution in [2.75, 3.05) is 0 Å². The summed E-state index contributed by atoms with van der Waals surface area (Å²) < 4.78 is 0. The summed E-state index contributed by atoms with van der Waals surface area (Å²) in [6.45, 7) is 2.07. The summed E-state index contributed by atoms with van der Waals surface area (Å²) in [6.07, 6.45) is 8.01. The van der Waals surface area contributed by atoms with Gasteiger partial charge in [0.1, 0.15) is 15.6 Å². The van der Waals surface area contributed by atoms with Gasteiger partial charge in [-0.15, -0.1) is 11.3 Å². The molecule has 6 heteroatoms. The van der Waals surface area contributed by atoms with Crippen molar-refractivity contribution >= 4 is 28.2 Å². The molecule has 2 heterocycles. The van der Waals surface area contributed by atoms with Crippen LogP contribution in [0.2, 0.25) is 0 Å². The van der Waals surface area contributed by atoms with Gasteiger partial charge in [0.15, 0.2) is 0 Å². The Morgan fingerprint density at radius 2 is 2.04 bits per heavy atom. The number of allylic oxidation sites excluding steroid dienone is 4. The van der Waals surface area contributed by atoms with Gasteiger partial charge in [0.05, 0.1) is 11.2 Å². The minimum absolute atomic E-state index is 0.0312. The molecule has 1 aliphatic carbocycles. The van der Waals surface area contributed by atoms with E-state index in [2.05, 4.69) is 28.2 Å². The maximum atomic E-state index is 11.7. The Bertz CT molecular complexity index is 983. The van der Waals surface area contributed by atoms with Crippen LogP contribution in [0.25, 0.3) is 21.6 Å². The molecule has 120 valence electrons. The molecule has 2 aromatic heterocycles. The van der Waals surface area contributed by atoms with Crippen molar-refractivity contribution in [1.82, 2.24) is 15.2 Å². The van der Waals surface area contributed by atoms with Crippen molar-refractivity contribution in [2.45, 2.75) is 12.8 Å². The number of carboxylic acid groups (broad SMARTS) is 1. The van der Waals surface area contributed by atoms with E-state index in [1.807, 2.05) is 42.5 Å². The van der Waals surface area contributed by atoms with Crippen LogP contribution in [-0.2, 0) is 0 Å². The molecular weight excluding hydrogens is 322 g/mol. The maximum Gasteiger partial charge on any atom is 0.347 e. The molecular formula is C18H15N3O2S. The van der Waals surface area contributed by atoms with E-state index in [1.54, 1.807) is 0 Å². The normalized spacial score (nSPS) is 19.9. The summed E-state index contributed by atoms with van der Waals surface area (Å²) in [5, 5.41) is 18.5. The van der Waals surface area contributed by atoms with E-state index < -0.39 is 5.97 Å². The van der Waals surface area contributed by atoms with E-state index in [4.69, 9.17) is 0 Å². The number of rotatable bonds is 3. The van der Waals surface area contributed by atoms with Gasteiger partial charge in [-0.3, -0.25) is 5.10 Å². The number of aromatic carboxylic acids is 1. The number of aromatic nitrogens is 3. The summed E-state index contributed by atoms with van der Waals surface area (Å²) in [6, 6.07) is 7.77. The standard InChI is InChI=1S/C18H15N3O2S/c1-10-6-2-3-7-11(10)14-16(18(22)23)24-17(19-14)15-12-8-4-5-9-13(12)20-21-15/h2-11H,1H3,(H,20,21)(H,22,23). The topological polar surface area (TPSA) is 78.9 Å². The van der Waals surface area contributed by atoms with Gasteiger partial charge < -0.3 is 5.11 Å². The summed E-state index contributed by atoms with van der Waals surface area (Å²) in [5.41, 5.74) is 2.23. The summed E-state index contributed by atoms with van der Waals surface area (Å²) in [4.78, 5) is 16.7. The molecule has 0 saturated carbocycles. The lowest BCUT2D eigenvalue weighted by Gasteiger charge is -2.19. The first-order valence-electron chi connectivity index (χ1n) is 7.67. The van der Waals surface area contributed by atoms with Crippen molar-refractivity contribution in [3.05, 3.63) is 59.1 Å². The lowest BCUT2D eigenvalue weighted by molar-refractivity contribution is 0.0700. The number of nitrogens with zero attached hydrogens (tertiary/aromatic N) is 2. The third kappa shape index (κ3) is 2.35. The number of carboxylic acids is 1. The van der Waals surface area contributed by atoms with Crippen molar-refractivity contribution in [1.29, 1.82) is 0 Å². The first-order chi connectivity index (χ1) is 11.6. The van der Waals surface area contributed by atoms with E-state index in [0.29, 0.717) is 16.4 Å². The van der Waals surface area contributed by atoms with Crippen molar-refractivity contribution < 1.29 is 9.90 Å². The molecule has 0 saturated heterocycles. The lowest BCUT2D eigenvalue weighted by Crippen LogP contribution is -2.11. The van der Waals surface area contributed by atoms with E-state index in [1.165, 1.54) is 11.3 Å². The number of H-pyrrole nitrogens is 1. The van der Waals surface area contributed by atoms with Gasteiger partial charge in [0.2, 0.25) is 0 Å². The SMILES string of the molecule is CC1C=CC=CC1c1nc(-c2n[nH]c3ccccc23)sc1C(=O)O. The van der Waals surface area contributed by atoms with E-state index in [0.717, 1.165) is 10.9 Å². The fourth-order valence-corrected chi connectivity index (χ4v) is 3.96. The third-order valence-electron chi connectivity index (χ3n) is 4.25. The van der Waals surface area contributed by atoms with Crippen LogP contribution in [0.3, 0.4) is 0 Å². The molecule has 2 N–H and O–H groups in total. The maximum absolute atomic E-state index is 11.7. The van der Waals surface area contributed by atoms with Gasteiger partial charge >= 0.3 is 5.97 Å². The van der Waals surface area contributed by atoms with E-state index in [9.17, 15) is 9.90 Å². The molecule has 1 aromatic carbocycles. The molecule has 1 aliphatic rings. The largest absolute Gasteiger partial charge is 0.477 e. The molecule has 0 radical (unpaired) electrons. The average Bonchev–Trinajstić information content (AvgIpc) is 3.19. The number of hydrogen-bond acceptors (Lipinski definition) is 4. The highest BCUT2D eigenvalue weighted by atomic mass is 32.1. The Balaban J connectivity index is 1.86. The number of aromatic amines is 1. The van der Waals surface area contributed by atoms with Crippen LogP contribution >= 0.6 is 11.3 Å². The van der Waals surface area contributed by atoms with Gasteiger partial charge in [-0.05, 0) is 12.0 Å². The van der Waals surface area contributed by atoms with Crippen LogP contribution in [0.15, 0.2) is 48.6 Å². The van der Waals surface area contributed by atoms with Gasteiger partial charge in [-0.2, -0.15) is 5.10 Å². The molecule has 2 unspecified atom stereocenters. The molecule has 2 atom stereocenters. The highest BCUT2D eigenvalue weighted by Crippen LogP contribution is 2.38. The summed E-state index contributed by atoms with van der Waals surface area (Å²) in [5.74, 6) is -0.765. The van der Waals surface area contributed by atoms with Gasteiger partial charge in [-0.25, -0.2) is 9.78 Å². The molecule has 0 aliphatic heterocycles. The van der Waals surface area contributed by atoms with Crippen LogP contribution in [0.4, 0.5) is 0 Å². The highest BCUT2D eigenvalue weighted by molar-refractivity contribution is 7.17. The number of carbonyl (C=O) groups is 1. The molecule has 0 bridgehead atoms.